The number of rotatable bonds is 2. The predicted octanol–water partition coefficient (Wildman–Crippen LogP) is 4.19. The first-order valence-electron chi connectivity index (χ1n) is 6.62. The first kappa shape index (κ1) is 15.0. The molecule has 1 aliphatic heterocycles. The van der Waals surface area contributed by atoms with E-state index in [0.29, 0.717) is 16.8 Å². The monoisotopic (exact) mass is 323 g/mol. The first-order valence-corrected chi connectivity index (χ1v) is 7.67. The molecule has 6 heteroatoms. The average Bonchev–Trinajstić information content (AvgIpc) is 2.87. The smallest absolute Gasteiger partial charge is 0.238 e. The molecular weight excluding hydrogens is 311 g/mol. The molecule has 1 fully saturated rings. The highest BCUT2D eigenvalue weighted by Crippen LogP contribution is 2.42. The lowest BCUT2D eigenvalue weighted by Crippen LogP contribution is -2.28. The van der Waals surface area contributed by atoms with Crippen LogP contribution in [0.5, 0.6) is 0 Å². The van der Waals surface area contributed by atoms with Gasteiger partial charge < -0.3 is 0 Å². The number of halogens is 3. The Bertz CT molecular complexity index is 750. The van der Waals surface area contributed by atoms with Gasteiger partial charge in [-0.05, 0) is 42.3 Å². The zero-order valence-corrected chi connectivity index (χ0v) is 12.5. The van der Waals surface area contributed by atoms with Crippen molar-refractivity contribution >= 4 is 23.4 Å². The molecule has 1 amide bonds. The van der Waals surface area contributed by atoms with Crippen LogP contribution in [0.3, 0.4) is 0 Å². The van der Waals surface area contributed by atoms with Crippen molar-refractivity contribution in [3.63, 3.8) is 0 Å². The molecule has 0 aromatic heterocycles. The number of nitrogens with zero attached hydrogens (tertiary/aromatic N) is 1. The molecule has 2 nitrogen and oxygen atoms in total. The van der Waals surface area contributed by atoms with Gasteiger partial charge >= 0.3 is 0 Å². The predicted molar refractivity (Wildman–Crippen MR) is 80.2 cm³/mol. The maximum absolute atomic E-state index is 13.8. The van der Waals surface area contributed by atoms with Crippen molar-refractivity contribution in [2.24, 2.45) is 0 Å². The van der Waals surface area contributed by atoms with Gasteiger partial charge in [0.2, 0.25) is 5.91 Å². The van der Waals surface area contributed by atoms with Gasteiger partial charge in [0.1, 0.15) is 11.2 Å². The minimum atomic E-state index is -0.965. The fraction of sp³-hybridized carbons (Fsp3) is 0.188. The van der Waals surface area contributed by atoms with E-state index in [-0.39, 0.29) is 11.7 Å². The Kier molecular flexibility index (Phi) is 3.87. The Hall–Kier alpha value is -1.95. The van der Waals surface area contributed by atoms with Gasteiger partial charge in [0.05, 0.1) is 5.75 Å². The molecular formula is C16H12F3NOS. The minimum Gasteiger partial charge on any atom is -0.295 e. The summed E-state index contributed by atoms with van der Waals surface area (Å²) in [6.45, 7) is 1.63. The molecule has 0 spiro atoms. The number of hydrogen-bond donors (Lipinski definition) is 0. The molecule has 2 aromatic carbocycles. The zero-order valence-electron chi connectivity index (χ0n) is 11.6. The molecule has 0 bridgehead atoms. The lowest BCUT2D eigenvalue weighted by atomic mass is 10.1. The summed E-state index contributed by atoms with van der Waals surface area (Å²) in [5, 5.41) is -0.496. The van der Waals surface area contributed by atoms with Crippen LogP contribution in [0.25, 0.3) is 0 Å². The van der Waals surface area contributed by atoms with Crippen molar-refractivity contribution in [2.75, 3.05) is 10.7 Å². The second-order valence-corrected chi connectivity index (χ2v) is 6.10. The van der Waals surface area contributed by atoms with E-state index in [1.54, 1.807) is 19.1 Å². The highest BCUT2D eigenvalue weighted by molar-refractivity contribution is 8.00. The molecule has 22 heavy (non-hydrogen) atoms. The van der Waals surface area contributed by atoms with Crippen molar-refractivity contribution in [1.82, 2.24) is 0 Å². The van der Waals surface area contributed by atoms with Gasteiger partial charge in [0.15, 0.2) is 11.6 Å². The van der Waals surface area contributed by atoms with Gasteiger partial charge in [-0.1, -0.05) is 12.1 Å². The molecule has 2 aromatic rings. The Labute approximate surface area is 129 Å². The number of carbonyl (C=O) groups is 1. The molecule has 0 N–H and O–H groups in total. The number of amides is 1. The maximum atomic E-state index is 13.8. The highest BCUT2D eigenvalue weighted by atomic mass is 32.2. The molecule has 1 aliphatic rings. The minimum absolute atomic E-state index is 0.192. The first-order chi connectivity index (χ1) is 10.5. The largest absolute Gasteiger partial charge is 0.295 e. The summed E-state index contributed by atoms with van der Waals surface area (Å²) in [6, 6.07) is 8.06. The summed E-state index contributed by atoms with van der Waals surface area (Å²) in [7, 11) is 0. The molecule has 1 saturated heterocycles. The van der Waals surface area contributed by atoms with E-state index in [9.17, 15) is 18.0 Å². The van der Waals surface area contributed by atoms with E-state index in [0.717, 1.165) is 12.1 Å². The van der Waals surface area contributed by atoms with Crippen molar-refractivity contribution in [1.29, 1.82) is 0 Å². The summed E-state index contributed by atoms with van der Waals surface area (Å²) in [4.78, 5) is 13.5. The highest BCUT2D eigenvalue weighted by Gasteiger charge is 2.34. The third-order valence-corrected chi connectivity index (χ3v) is 4.74. The van der Waals surface area contributed by atoms with E-state index in [4.69, 9.17) is 0 Å². The summed E-state index contributed by atoms with van der Waals surface area (Å²) in [5.41, 5.74) is 1.36. The van der Waals surface area contributed by atoms with Gasteiger partial charge in [-0.3, -0.25) is 9.69 Å². The fourth-order valence-electron chi connectivity index (χ4n) is 2.35. The van der Waals surface area contributed by atoms with Crippen LogP contribution in [0.1, 0.15) is 16.5 Å². The van der Waals surface area contributed by atoms with E-state index in [1.165, 1.54) is 28.8 Å². The zero-order chi connectivity index (χ0) is 15.9. The van der Waals surface area contributed by atoms with E-state index >= 15 is 0 Å². The van der Waals surface area contributed by atoms with E-state index in [1.807, 2.05) is 0 Å². The second kappa shape index (κ2) is 5.68. The van der Waals surface area contributed by atoms with E-state index < -0.39 is 22.8 Å². The Morgan fingerprint density at radius 2 is 1.82 bits per heavy atom. The number of thioether (sulfide) groups is 1. The summed E-state index contributed by atoms with van der Waals surface area (Å²) < 4.78 is 40.2. The van der Waals surface area contributed by atoms with Crippen LogP contribution in [-0.4, -0.2) is 11.7 Å². The fourth-order valence-corrected chi connectivity index (χ4v) is 3.51. The number of carbonyl (C=O) groups excluding carboxylic acids is 1. The second-order valence-electron chi connectivity index (χ2n) is 5.03. The molecule has 1 atom stereocenters. The topological polar surface area (TPSA) is 20.3 Å². The van der Waals surface area contributed by atoms with Crippen LogP contribution in [0.4, 0.5) is 18.9 Å². The van der Waals surface area contributed by atoms with Crippen LogP contribution in [0.15, 0.2) is 36.4 Å². The Morgan fingerprint density at radius 1 is 1.05 bits per heavy atom. The van der Waals surface area contributed by atoms with Crippen LogP contribution in [0, 0.1) is 24.4 Å². The molecule has 0 saturated carbocycles. The van der Waals surface area contributed by atoms with Crippen LogP contribution in [0.2, 0.25) is 0 Å². The van der Waals surface area contributed by atoms with Crippen molar-refractivity contribution < 1.29 is 18.0 Å². The third kappa shape index (κ3) is 2.59. The van der Waals surface area contributed by atoms with Crippen LogP contribution >= 0.6 is 11.8 Å². The summed E-state index contributed by atoms with van der Waals surface area (Å²) >= 11 is 1.30. The van der Waals surface area contributed by atoms with Crippen molar-refractivity contribution in [2.45, 2.75) is 12.3 Å². The molecule has 0 unspecified atom stereocenters. The van der Waals surface area contributed by atoms with Gasteiger partial charge in [0, 0.05) is 5.69 Å². The van der Waals surface area contributed by atoms with E-state index in [2.05, 4.69) is 0 Å². The SMILES string of the molecule is Cc1ccc(N2C(=O)CS[C@H]2c2ccc(F)c(F)c2)cc1F. The quantitative estimate of drug-likeness (QED) is 0.826. The van der Waals surface area contributed by atoms with Gasteiger partial charge in [-0.2, -0.15) is 0 Å². The standard InChI is InChI=1S/C16H12F3NOS/c1-9-2-4-11(7-13(9)18)20-15(21)8-22-16(20)10-3-5-12(17)14(19)6-10/h2-7,16H,8H2,1H3/t16-/m0/s1. The van der Waals surface area contributed by atoms with Gasteiger partial charge in [-0.25, -0.2) is 13.2 Å². The molecule has 114 valence electrons. The molecule has 3 rings (SSSR count). The lowest BCUT2D eigenvalue weighted by molar-refractivity contribution is -0.115. The number of benzene rings is 2. The van der Waals surface area contributed by atoms with Crippen molar-refractivity contribution in [3.8, 4) is 0 Å². The van der Waals surface area contributed by atoms with Gasteiger partial charge in [0.25, 0.3) is 0 Å². The number of aryl methyl sites for hydroxylation is 1. The van der Waals surface area contributed by atoms with Crippen LogP contribution < -0.4 is 4.90 Å². The average molecular weight is 323 g/mol. The lowest BCUT2D eigenvalue weighted by Gasteiger charge is -2.24. The third-order valence-electron chi connectivity index (χ3n) is 3.53. The summed E-state index contributed by atoms with van der Waals surface area (Å²) in [6.07, 6.45) is 0. The molecule has 1 heterocycles. The molecule has 0 aliphatic carbocycles. The van der Waals surface area contributed by atoms with Gasteiger partial charge in [-0.15, -0.1) is 11.8 Å². The Morgan fingerprint density at radius 3 is 2.50 bits per heavy atom. The maximum Gasteiger partial charge on any atom is 0.238 e. The number of hydrogen-bond acceptors (Lipinski definition) is 2. The van der Waals surface area contributed by atoms with Crippen LogP contribution in [-0.2, 0) is 4.79 Å². The Balaban J connectivity index is 2.01. The normalized spacial score (nSPS) is 18.1. The summed E-state index contributed by atoms with van der Waals surface area (Å²) in [5.74, 6) is -2.30. The van der Waals surface area contributed by atoms with Crippen molar-refractivity contribution in [3.05, 3.63) is 65.0 Å². The molecule has 0 radical (unpaired) electrons. The number of anilines is 1.